The number of hydrazine groups is 1. The summed E-state index contributed by atoms with van der Waals surface area (Å²) in [7, 11) is 1.05. The number of pyridine rings is 1. The Labute approximate surface area is 317 Å². The van der Waals surface area contributed by atoms with Crippen LogP contribution in [0.1, 0.15) is 30.0 Å². The first-order valence-corrected chi connectivity index (χ1v) is 16.9. The number of imide groups is 2. The van der Waals surface area contributed by atoms with E-state index in [1.807, 2.05) is 0 Å². The zero-order valence-electron chi connectivity index (χ0n) is 26.6. The van der Waals surface area contributed by atoms with Crippen LogP contribution in [0.15, 0.2) is 42.0 Å². The molecule has 284 valence electrons. The summed E-state index contributed by atoms with van der Waals surface area (Å²) in [5.41, 5.74) is -3.49. The topological polar surface area (TPSA) is 111 Å². The largest absolute Gasteiger partial charge is 0.508 e. The van der Waals surface area contributed by atoms with Crippen molar-refractivity contribution in [3.8, 4) is 5.75 Å². The molecule has 4 aliphatic rings. The highest BCUT2D eigenvalue weighted by atomic mass is 35.5. The quantitative estimate of drug-likeness (QED) is 0.0727. The molecule has 1 saturated carbocycles. The second kappa shape index (κ2) is 12.4. The van der Waals surface area contributed by atoms with E-state index in [9.17, 15) is 50.6 Å². The number of hydrogen-bond acceptors (Lipinski definition) is 7. The van der Waals surface area contributed by atoms with Crippen molar-refractivity contribution in [2.75, 3.05) is 17.0 Å². The molecule has 3 fully saturated rings. The van der Waals surface area contributed by atoms with Crippen LogP contribution in [0.5, 0.6) is 5.75 Å². The lowest BCUT2D eigenvalue weighted by molar-refractivity contribution is -0.141. The third-order valence-corrected chi connectivity index (χ3v) is 12.3. The van der Waals surface area contributed by atoms with Crippen molar-refractivity contribution >= 4 is 81.5 Å². The molecule has 4 amide bonds. The molecule has 2 aliphatic heterocycles. The zero-order chi connectivity index (χ0) is 39.7. The number of phenols is 1. The fourth-order valence-corrected chi connectivity index (χ4v) is 9.29. The summed E-state index contributed by atoms with van der Waals surface area (Å²) in [5.74, 6) is -25.1. The lowest BCUT2D eigenvalue weighted by Gasteiger charge is -2.50. The van der Waals surface area contributed by atoms with Crippen molar-refractivity contribution in [3.63, 3.8) is 0 Å². The molecule has 0 bridgehead atoms. The van der Waals surface area contributed by atoms with Crippen molar-refractivity contribution in [1.82, 2.24) is 9.99 Å². The highest BCUT2D eigenvalue weighted by Crippen LogP contribution is 2.66. The average Bonchev–Trinajstić information content (AvgIpc) is 3.44. The Balaban J connectivity index is 1.39. The number of carbonyl (C=O) groups is 4. The minimum Gasteiger partial charge on any atom is -0.508 e. The summed E-state index contributed by atoms with van der Waals surface area (Å²) in [4.78, 5) is 54.2. The average molecular weight is 844 g/mol. The van der Waals surface area contributed by atoms with E-state index in [4.69, 9.17) is 46.4 Å². The molecule has 2 aliphatic carbocycles. The van der Waals surface area contributed by atoms with Crippen molar-refractivity contribution < 1.29 is 59.4 Å². The highest BCUT2D eigenvalue weighted by molar-refractivity contribution is 6.58. The number of allylic oxidation sites excluding steroid dienone is 2. The van der Waals surface area contributed by atoms with Crippen LogP contribution in [0.3, 0.4) is 0 Å². The van der Waals surface area contributed by atoms with E-state index in [0.29, 0.717) is 16.1 Å². The number of anilines is 2. The molecule has 1 N–H and O–H groups in total. The van der Waals surface area contributed by atoms with Gasteiger partial charge in [0.25, 0.3) is 23.6 Å². The summed E-state index contributed by atoms with van der Waals surface area (Å²) >= 11 is 26.7. The van der Waals surface area contributed by atoms with E-state index >= 15 is 8.78 Å². The number of alkyl halides is 5. The van der Waals surface area contributed by atoms with Crippen LogP contribution in [0.25, 0.3) is 0 Å². The van der Waals surface area contributed by atoms with E-state index < -0.39 is 122 Å². The standard InChI is InChI=1S/C33H18Cl4F8N4O5/c1-47(26-15(34)6-7-17(46-26)33(43,44)45)49-27(51)13-5-4-11-14(18(13)28(49)52)9-31(36)29(53)48(25-23(41)21(39)20(38)22(40)24(25)42)30(54)32(31,37)19(11)12-3-2-10(50)8-16(12)35/h2-4,6-8,13-14,18-19,50H,5,9H2,1H3. The Bertz CT molecular complexity index is 2250. The van der Waals surface area contributed by atoms with Gasteiger partial charge < -0.3 is 5.11 Å². The minimum atomic E-state index is -4.95. The van der Waals surface area contributed by atoms with Crippen LogP contribution >= 0.6 is 46.4 Å². The van der Waals surface area contributed by atoms with Crippen molar-refractivity contribution in [1.29, 1.82) is 0 Å². The summed E-state index contributed by atoms with van der Waals surface area (Å²) < 4.78 is 114. The van der Waals surface area contributed by atoms with Gasteiger partial charge in [0.05, 0.1) is 16.9 Å². The molecule has 6 unspecified atom stereocenters. The third-order valence-electron chi connectivity index (χ3n) is 10.2. The van der Waals surface area contributed by atoms with Gasteiger partial charge in [0.2, 0.25) is 5.82 Å². The fourth-order valence-electron chi connectivity index (χ4n) is 7.85. The number of aromatic nitrogens is 1. The summed E-state index contributed by atoms with van der Waals surface area (Å²) in [6.07, 6.45) is -4.71. The molecule has 7 rings (SSSR count). The van der Waals surface area contributed by atoms with Crippen LogP contribution in [0.4, 0.5) is 46.6 Å². The number of rotatable bonds is 4. The highest BCUT2D eigenvalue weighted by Gasteiger charge is 2.77. The van der Waals surface area contributed by atoms with Gasteiger partial charge in [-0.3, -0.25) is 24.2 Å². The lowest BCUT2D eigenvalue weighted by Crippen LogP contribution is -2.60. The number of aromatic hydroxyl groups is 1. The van der Waals surface area contributed by atoms with E-state index in [1.54, 1.807) is 0 Å². The predicted molar refractivity (Wildman–Crippen MR) is 174 cm³/mol. The minimum absolute atomic E-state index is 0.0383. The Morgan fingerprint density at radius 1 is 0.852 bits per heavy atom. The second-order valence-corrected chi connectivity index (χ2v) is 15.0. The van der Waals surface area contributed by atoms with Gasteiger partial charge >= 0.3 is 6.18 Å². The fraction of sp³-hybridized carbons (Fsp3) is 0.303. The van der Waals surface area contributed by atoms with Gasteiger partial charge in [0, 0.05) is 18.0 Å². The van der Waals surface area contributed by atoms with Gasteiger partial charge in [-0.2, -0.15) is 18.2 Å². The number of fused-ring (bicyclic) bond motifs is 4. The number of amides is 4. The first-order valence-electron chi connectivity index (χ1n) is 15.4. The Hall–Kier alpha value is -4.19. The first kappa shape index (κ1) is 38.1. The number of nitrogens with zero attached hydrogens (tertiary/aromatic N) is 4. The second-order valence-electron chi connectivity index (χ2n) is 12.9. The van der Waals surface area contributed by atoms with Gasteiger partial charge in [-0.05, 0) is 48.6 Å². The lowest BCUT2D eigenvalue weighted by atomic mass is 9.56. The Kier molecular flexibility index (Phi) is 8.76. The van der Waals surface area contributed by atoms with Gasteiger partial charge in [0.1, 0.15) is 17.1 Å². The maximum Gasteiger partial charge on any atom is 0.433 e. The summed E-state index contributed by atoms with van der Waals surface area (Å²) in [5, 5.41) is 10.6. The Morgan fingerprint density at radius 3 is 2.06 bits per heavy atom. The molecular weight excluding hydrogens is 826 g/mol. The predicted octanol–water partition coefficient (Wildman–Crippen LogP) is 7.42. The van der Waals surface area contributed by atoms with Gasteiger partial charge in [-0.1, -0.05) is 40.9 Å². The number of phenolic OH excluding ortho intramolecular Hbond substituents is 1. The normalized spacial score (nSPS) is 28.0. The molecule has 2 saturated heterocycles. The monoisotopic (exact) mass is 842 g/mol. The van der Waals surface area contributed by atoms with Crippen LogP contribution in [0, 0.1) is 46.8 Å². The van der Waals surface area contributed by atoms with Crippen molar-refractivity contribution in [3.05, 3.63) is 92.4 Å². The number of halogens is 12. The number of hydrogen-bond donors (Lipinski definition) is 1. The maximum atomic E-state index is 15.2. The molecule has 3 aromatic rings. The molecule has 9 nitrogen and oxygen atoms in total. The molecule has 21 heteroatoms. The summed E-state index contributed by atoms with van der Waals surface area (Å²) in [6, 6.07) is 4.67. The molecule has 54 heavy (non-hydrogen) atoms. The molecule has 6 atom stereocenters. The number of benzene rings is 2. The van der Waals surface area contributed by atoms with Crippen LogP contribution in [0.2, 0.25) is 10.0 Å². The van der Waals surface area contributed by atoms with Gasteiger partial charge in [-0.25, -0.2) is 31.8 Å². The molecule has 1 aromatic heterocycles. The van der Waals surface area contributed by atoms with Crippen molar-refractivity contribution in [2.24, 2.45) is 17.8 Å². The molecule has 0 radical (unpaired) electrons. The van der Waals surface area contributed by atoms with E-state index in [-0.39, 0.29) is 32.5 Å². The van der Waals surface area contributed by atoms with E-state index in [2.05, 4.69) is 4.98 Å². The van der Waals surface area contributed by atoms with E-state index in [1.165, 1.54) is 6.08 Å². The van der Waals surface area contributed by atoms with Crippen molar-refractivity contribution in [2.45, 2.75) is 34.7 Å². The molecule has 2 aromatic carbocycles. The molecular formula is C33H18Cl4F8N4O5. The number of carbonyl (C=O) groups excluding carboxylic acids is 4. The first-order chi connectivity index (χ1) is 25.1. The van der Waals surface area contributed by atoms with Gasteiger partial charge in [-0.15, -0.1) is 23.2 Å². The van der Waals surface area contributed by atoms with Crippen LogP contribution < -0.4 is 9.91 Å². The molecule has 0 spiro atoms. The third kappa shape index (κ3) is 5.00. The zero-order valence-corrected chi connectivity index (χ0v) is 29.6. The van der Waals surface area contributed by atoms with Crippen LogP contribution in [-0.4, -0.2) is 55.5 Å². The SMILES string of the molecule is CN(c1nc(C(F)(F)F)ccc1Cl)N1C(=O)C2CC=C3C(CC4(Cl)C(=O)N(c5c(F)c(F)c(F)c(F)c5F)C(=O)C4(Cl)C3c3ccc(O)cc3Cl)C2C1=O. The smallest absolute Gasteiger partial charge is 0.433 e. The van der Waals surface area contributed by atoms with Gasteiger partial charge in [0.15, 0.2) is 38.8 Å². The van der Waals surface area contributed by atoms with Crippen LogP contribution in [-0.2, 0) is 25.4 Å². The summed E-state index contributed by atoms with van der Waals surface area (Å²) in [6.45, 7) is 0. The maximum absolute atomic E-state index is 15.2. The Morgan fingerprint density at radius 2 is 1.46 bits per heavy atom. The molecule has 3 heterocycles. The van der Waals surface area contributed by atoms with E-state index in [0.717, 1.165) is 31.3 Å².